The molecule has 16 heteroatoms. The summed E-state index contributed by atoms with van der Waals surface area (Å²) in [6.45, 7) is 6.39. The lowest BCUT2D eigenvalue weighted by Gasteiger charge is -2.34. The molecule has 4 N–H and O–H groups in total. The molecular weight excluding hydrogens is 723 g/mol. The number of alkyl carbamates (subject to hydrolysis) is 1. The highest BCUT2D eigenvalue weighted by Gasteiger charge is 2.41. The van der Waals surface area contributed by atoms with E-state index in [0.29, 0.717) is 54.4 Å². The summed E-state index contributed by atoms with van der Waals surface area (Å²) >= 11 is 0. The number of nitrogens with zero attached hydrogens (tertiary/aromatic N) is 5. The van der Waals surface area contributed by atoms with Crippen molar-refractivity contribution >= 4 is 24.0 Å². The van der Waals surface area contributed by atoms with Crippen LogP contribution in [0.1, 0.15) is 70.2 Å². The summed E-state index contributed by atoms with van der Waals surface area (Å²) in [5.41, 5.74) is 3.91. The number of hydrogen-bond donors (Lipinski definition) is 4. The van der Waals surface area contributed by atoms with E-state index < -0.39 is 42.2 Å². The molecule has 0 spiro atoms. The summed E-state index contributed by atoms with van der Waals surface area (Å²) < 4.78 is 25.8. The Labute approximate surface area is 324 Å². The number of halogens is 1. The van der Waals surface area contributed by atoms with Gasteiger partial charge in [-0.3, -0.25) is 14.5 Å². The molecule has 298 valence electrons. The fraction of sp³-hybridized carbons (Fsp3) is 0.450. The Kier molecular flexibility index (Phi) is 12.1. The molecule has 0 bridgehead atoms. The number of carboxylic acid groups (broad SMARTS) is 1. The molecule has 4 heterocycles. The predicted octanol–water partition coefficient (Wildman–Crippen LogP) is 5.99. The normalized spacial score (nSPS) is 18.5. The third-order valence-corrected chi connectivity index (χ3v) is 10.9. The van der Waals surface area contributed by atoms with Gasteiger partial charge in [0, 0.05) is 32.8 Å². The van der Waals surface area contributed by atoms with E-state index in [4.69, 9.17) is 9.47 Å². The number of ether oxygens (including phenoxy) is 2. The zero-order valence-electron chi connectivity index (χ0n) is 32.4. The standard InChI is InChI=1S/C40H49FN8O7/c1-22(2)33(46-39(52)56-6)37(50)48-17-7-9-31(48)35-42-20-29(44-35)25-13-11-24(12-14-25)26-15-16-27(28(41)19-26)30-21-43-36(45-30)32-10-8-18-49(32)38(51)34(23(3)55-5)47(4)40(53)54/h11-16,19-23,31-34H,7-10,17-18H2,1-6H3,(H,42,44)(H,43,45)(H,46,52)(H,53,54)/t23-,31+,32+,33+,34+/m1/s1. The molecule has 2 aliphatic rings. The van der Waals surface area contributed by atoms with E-state index in [1.165, 1.54) is 27.3 Å². The van der Waals surface area contributed by atoms with Crippen LogP contribution in [0, 0.1) is 11.7 Å². The lowest BCUT2D eigenvalue weighted by molar-refractivity contribution is -0.141. The second-order valence-corrected chi connectivity index (χ2v) is 14.7. The maximum absolute atomic E-state index is 15.7. The molecule has 2 saturated heterocycles. The van der Waals surface area contributed by atoms with Gasteiger partial charge in [0.15, 0.2) is 0 Å². The molecule has 5 atom stereocenters. The number of carbonyl (C=O) groups is 4. The molecule has 4 amide bonds. The van der Waals surface area contributed by atoms with Crippen LogP contribution < -0.4 is 5.32 Å². The summed E-state index contributed by atoms with van der Waals surface area (Å²) in [5, 5.41) is 12.3. The minimum atomic E-state index is -1.24. The first-order chi connectivity index (χ1) is 26.8. The summed E-state index contributed by atoms with van der Waals surface area (Å²) in [7, 11) is 4.05. The zero-order valence-corrected chi connectivity index (χ0v) is 32.4. The molecule has 0 saturated carbocycles. The van der Waals surface area contributed by atoms with Crippen LogP contribution in [0.4, 0.5) is 14.0 Å². The van der Waals surface area contributed by atoms with Crippen molar-refractivity contribution in [1.82, 2.24) is 40.0 Å². The monoisotopic (exact) mass is 772 g/mol. The van der Waals surface area contributed by atoms with Crippen LogP contribution in [-0.2, 0) is 19.1 Å². The van der Waals surface area contributed by atoms with Gasteiger partial charge in [0.1, 0.15) is 29.5 Å². The Bertz CT molecular complexity index is 2050. The van der Waals surface area contributed by atoms with Crippen molar-refractivity contribution < 1.29 is 38.1 Å². The molecule has 2 aromatic heterocycles. The first-order valence-corrected chi connectivity index (χ1v) is 18.8. The van der Waals surface area contributed by atoms with E-state index in [1.807, 2.05) is 44.2 Å². The largest absolute Gasteiger partial charge is 0.465 e. The van der Waals surface area contributed by atoms with Crippen LogP contribution in [0.2, 0.25) is 0 Å². The zero-order chi connectivity index (χ0) is 40.3. The van der Waals surface area contributed by atoms with E-state index in [9.17, 15) is 24.3 Å². The Morgan fingerprint density at radius 3 is 1.96 bits per heavy atom. The number of H-pyrrole nitrogens is 2. The van der Waals surface area contributed by atoms with Crippen molar-refractivity contribution in [3.63, 3.8) is 0 Å². The van der Waals surface area contributed by atoms with Gasteiger partial charge >= 0.3 is 12.2 Å². The van der Waals surface area contributed by atoms with Crippen molar-refractivity contribution in [2.24, 2.45) is 5.92 Å². The van der Waals surface area contributed by atoms with Crippen molar-refractivity contribution in [2.75, 3.05) is 34.4 Å². The molecule has 6 rings (SSSR count). The van der Waals surface area contributed by atoms with Gasteiger partial charge in [-0.15, -0.1) is 0 Å². The fourth-order valence-corrected chi connectivity index (χ4v) is 7.66. The maximum atomic E-state index is 15.7. The fourth-order valence-electron chi connectivity index (χ4n) is 7.66. The Hall–Kier alpha value is -5.77. The first-order valence-electron chi connectivity index (χ1n) is 18.8. The molecule has 2 aromatic carbocycles. The molecule has 0 unspecified atom stereocenters. The van der Waals surface area contributed by atoms with Gasteiger partial charge in [-0.25, -0.2) is 23.9 Å². The van der Waals surface area contributed by atoms with Gasteiger partial charge < -0.3 is 39.7 Å². The van der Waals surface area contributed by atoms with Crippen LogP contribution >= 0.6 is 0 Å². The number of hydrogen-bond acceptors (Lipinski definition) is 8. The molecular formula is C40H49FN8O7. The highest BCUT2D eigenvalue weighted by molar-refractivity contribution is 5.87. The van der Waals surface area contributed by atoms with Crippen LogP contribution in [0.3, 0.4) is 0 Å². The number of methoxy groups -OCH3 is 2. The number of aromatic nitrogens is 4. The van der Waals surface area contributed by atoms with Crippen LogP contribution in [0.15, 0.2) is 54.9 Å². The quantitative estimate of drug-likeness (QED) is 0.134. The summed E-state index contributed by atoms with van der Waals surface area (Å²) in [5.74, 6) is 0.0208. The predicted molar refractivity (Wildman–Crippen MR) is 205 cm³/mol. The van der Waals surface area contributed by atoms with Crippen molar-refractivity contribution in [1.29, 1.82) is 0 Å². The summed E-state index contributed by atoms with van der Waals surface area (Å²) in [4.78, 5) is 70.9. The number of likely N-dealkylation sites (N-methyl/N-ethyl adjacent to an activating group) is 1. The molecule has 4 aromatic rings. The van der Waals surface area contributed by atoms with E-state index in [0.717, 1.165) is 34.6 Å². The lowest BCUT2D eigenvalue weighted by atomic mass is 10.0. The minimum Gasteiger partial charge on any atom is -0.465 e. The smallest absolute Gasteiger partial charge is 0.407 e. The highest BCUT2D eigenvalue weighted by Crippen LogP contribution is 2.36. The number of aromatic amines is 2. The van der Waals surface area contributed by atoms with Crippen molar-refractivity contribution in [3.8, 4) is 33.6 Å². The lowest BCUT2D eigenvalue weighted by Crippen LogP contribution is -2.54. The molecule has 0 aliphatic carbocycles. The Balaban J connectivity index is 1.14. The van der Waals surface area contributed by atoms with Gasteiger partial charge in [-0.1, -0.05) is 44.2 Å². The highest BCUT2D eigenvalue weighted by atomic mass is 19.1. The third-order valence-electron chi connectivity index (χ3n) is 10.9. The Morgan fingerprint density at radius 1 is 0.857 bits per heavy atom. The molecule has 15 nitrogen and oxygen atoms in total. The third kappa shape index (κ3) is 8.10. The van der Waals surface area contributed by atoms with Crippen LogP contribution in [-0.4, -0.2) is 116 Å². The second kappa shape index (κ2) is 16.9. The second-order valence-electron chi connectivity index (χ2n) is 14.7. The minimum absolute atomic E-state index is 0.135. The van der Waals surface area contributed by atoms with E-state index in [1.54, 1.807) is 35.2 Å². The first kappa shape index (κ1) is 39.9. The number of nitrogens with one attached hydrogen (secondary N) is 3. The number of carbonyl (C=O) groups excluding carboxylic acids is 3. The number of benzene rings is 2. The van der Waals surface area contributed by atoms with Gasteiger partial charge in [0.05, 0.1) is 49.1 Å². The number of rotatable bonds is 12. The molecule has 2 aliphatic heterocycles. The topological polar surface area (TPSA) is 186 Å². The number of imidazole rings is 2. The van der Waals surface area contributed by atoms with E-state index in [2.05, 4.69) is 25.3 Å². The SMILES string of the molecule is COC(=O)N[C@H](C(=O)N1CCC[C@H]1c1ncc(-c2ccc(-c3ccc(-c4cnc([C@@H]5CCCN5C(=O)[C@H]([C@@H](C)OC)N(C)C(=O)O)[nH]4)c(F)c3)cc2)[nH]1)C(C)C. The van der Waals surface area contributed by atoms with Gasteiger partial charge in [-0.2, -0.15) is 0 Å². The average molecular weight is 773 g/mol. The molecule has 56 heavy (non-hydrogen) atoms. The van der Waals surface area contributed by atoms with Crippen molar-refractivity contribution in [3.05, 3.63) is 72.3 Å². The van der Waals surface area contributed by atoms with Crippen LogP contribution in [0.25, 0.3) is 33.6 Å². The number of amides is 4. The van der Waals surface area contributed by atoms with E-state index >= 15 is 4.39 Å². The summed E-state index contributed by atoms with van der Waals surface area (Å²) in [6, 6.07) is 10.2. The maximum Gasteiger partial charge on any atom is 0.407 e. The van der Waals surface area contributed by atoms with Crippen LogP contribution in [0.5, 0.6) is 0 Å². The molecule has 2 fully saturated rings. The molecule has 0 radical (unpaired) electrons. The number of likely N-dealkylation sites (tertiary alicyclic amines) is 2. The van der Waals surface area contributed by atoms with Gasteiger partial charge in [0.25, 0.3) is 0 Å². The average Bonchev–Trinajstić information content (AvgIpc) is 4.03. The van der Waals surface area contributed by atoms with E-state index in [-0.39, 0.29) is 23.8 Å². The van der Waals surface area contributed by atoms with Gasteiger partial charge in [0.2, 0.25) is 11.8 Å². The Morgan fingerprint density at radius 2 is 1.41 bits per heavy atom. The van der Waals surface area contributed by atoms with Gasteiger partial charge in [-0.05, 0) is 67.3 Å². The van der Waals surface area contributed by atoms with Crippen molar-refractivity contribution in [2.45, 2.75) is 76.7 Å². The summed E-state index contributed by atoms with van der Waals surface area (Å²) in [6.07, 6.45) is 3.59.